The van der Waals surface area contributed by atoms with E-state index in [0.717, 1.165) is 24.1 Å². The molecule has 11 nitrogen and oxygen atoms in total. The number of nitrogens with zero attached hydrogens (tertiary/aromatic N) is 3. The van der Waals surface area contributed by atoms with E-state index in [-0.39, 0.29) is 30.4 Å². The number of amidine groups is 1. The third kappa shape index (κ3) is 6.72. The second-order valence-corrected chi connectivity index (χ2v) is 12.4. The highest BCUT2D eigenvalue weighted by Gasteiger charge is 2.45. The van der Waals surface area contributed by atoms with E-state index in [9.17, 15) is 14.4 Å². The number of carbonyl (C=O) groups is 3. The first-order valence-electron chi connectivity index (χ1n) is 14.8. The lowest BCUT2D eigenvalue weighted by Gasteiger charge is -2.27. The molecule has 3 aliphatic rings. The molecule has 232 valence electrons. The fraction of sp³-hybridized carbons (Fsp3) is 0.455. The number of hydrogen-bond donors (Lipinski definition) is 3. The van der Waals surface area contributed by atoms with Crippen molar-refractivity contribution in [1.29, 1.82) is 0 Å². The van der Waals surface area contributed by atoms with Gasteiger partial charge >= 0.3 is 6.09 Å². The van der Waals surface area contributed by atoms with Crippen LogP contribution >= 0.6 is 0 Å². The Labute approximate surface area is 258 Å². The Morgan fingerprint density at radius 1 is 1.23 bits per heavy atom. The van der Waals surface area contributed by atoms with Crippen molar-refractivity contribution in [3.8, 4) is 17.6 Å². The Morgan fingerprint density at radius 3 is 2.61 bits per heavy atom. The minimum absolute atomic E-state index is 0.0147. The Hall–Kier alpha value is -4.40. The predicted molar refractivity (Wildman–Crippen MR) is 166 cm³/mol. The number of nitrogens with two attached hydrogens (primary N) is 1. The number of rotatable bonds is 7. The van der Waals surface area contributed by atoms with Gasteiger partial charge in [-0.15, -0.1) is 0 Å². The lowest BCUT2D eigenvalue weighted by molar-refractivity contribution is -0.122. The summed E-state index contributed by atoms with van der Waals surface area (Å²) in [5, 5.41) is 5.72. The van der Waals surface area contributed by atoms with E-state index in [1.54, 1.807) is 25.0 Å². The van der Waals surface area contributed by atoms with E-state index in [0.29, 0.717) is 42.3 Å². The van der Waals surface area contributed by atoms with Gasteiger partial charge in [0.15, 0.2) is 0 Å². The molecule has 5 rings (SSSR count). The Bertz CT molecular complexity index is 1540. The van der Waals surface area contributed by atoms with Crippen LogP contribution in [0, 0.1) is 11.8 Å². The summed E-state index contributed by atoms with van der Waals surface area (Å²) in [4.78, 5) is 47.0. The monoisotopic (exact) mass is 600 g/mol. The molecule has 2 aromatic carbocycles. The number of aliphatic imine (C=N–C) groups is 1. The molecule has 1 saturated heterocycles. The molecule has 11 heteroatoms. The van der Waals surface area contributed by atoms with Crippen LogP contribution in [0.4, 0.5) is 4.79 Å². The zero-order valence-corrected chi connectivity index (χ0v) is 25.9. The van der Waals surface area contributed by atoms with Crippen LogP contribution in [0.25, 0.3) is 0 Å². The highest BCUT2D eigenvalue weighted by atomic mass is 16.6. The van der Waals surface area contributed by atoms with Crippen molar-refractivity contribution in [2.24, 2.45) is 10.7 Å². The maximum atomic E-state index is 13.2. The van der Waals surface area contributed by atoms with E-state index in [1.165, 1.54) is 0 Å². The number of ether oxygens (including phenoxy) is 2. The standard InChI is InChI=1S/C33H40N6O5/c1-21-35-30(41)33(37-21,20-39-18-24-10-11-26(43-5)16-27(24)29(39)40)14-12-22-6-8-23(9-7-22)28(17-34)38-15-13-25(19-38)36-31(42)44-32(2,3)4/h6-11,16,25,28H,13,15,17-20,34H2,1-5H3,(H,36,42)(H,35,37,41). The van der Waals surface area contributed by atoms with Gasteiger partial charge in [0.1, 0.15) is 17.2 Å². The topological polar surface area (TPSA) is 139 Å². The lowest BCUT2D eigenvalue weighted by Crippen LogP contribution is -2.48. The summed E-state index contributed by atoms with van der Waals surface area (Å²) >= 11 is 0. The van der Waals surface area contributed by atoms with Gasteiger partial charge in [-0.1, -0.05) is 30.0 Å². The van der Waals surface area contributed by atoms with Gasteiger partial charge in [0.2, 0.25) is 5.54 Å². The van der Waals surface area contributed by atoms with Crippen molar-refractivity contribution in [1.82, 2.24) is 20.4 Å². The second kappa shape index (κ2) is 12.3. The Morgan fingerprint density at radius 2 is 1.98 bits per heavy atom. The zero-order valence-electron chi connectivity index (χ0n) is 25.9. The van der Waals surface area contributed by atoms with Gasteiger partial charge in [-0.25, -0.2) is 9.79 Å². The van der Waals surface area contributed by atoms with Crippen molar-refractivity contribution >= 4 is 23.7 Å². The van der Waals surface area contributed by atoms with Crippen LogP contribution < -0.4 is 21.1 Å². The van der Waals surface area contributed by atoms with Crippen molar-refractivity contribution in [2.45, 2.75) is 63.9 Å². The number of hydrogen-bond acceptors (Lipinski definition) is 8. The van der Waals surface area contributed by atoms with Crippen LogP contribution in [-0.4, -0.2) is 84.0 Å². The summed E-state index contributed by atoms with van der Waals surface area (Å²) in [6.45, 7) is 9.51. The quantitative estimate of drug-likeness (QED) is 0.416. The SMILES string of the molecule is COc1ccc2c(c1)C(=O)N(CC1(C#Cc3ccc(C(CN)N4CCC(NC(=O)OC(C)(C)C)C4)cc3)N=C(C)NC1=O)C2. The van der Waals surface area contributed by atoms with Crippen LogP contribution in [0.3, 0.4) is 0 Å². The van der Waals surface area contributed by atoms with Crippen LogP contribution in [0.2, 0.25) is 0 Å². The Balaban J connectivity index is 1.28. The number of likely N-dealkylation sites (tertiary alicyclic amines) is 1. The van der Waals surface area contributed by atoms with Gasteiger partial charge in [0.05, 0.1) is 13.7 Å². The highest BCUT2D eigenvalue weighted by molar-refractivity contribution is 6.10. The molecule has 0 radical (unpaired) electrons. The number of amides is 3. The number of fused-ring (bicyclic) bond motifs is 1. The van der Waals surface area contributed by atoms with Crippen molar-refractivity contribution in [3.05, 3.63) is 64.7 Å². The summed E-state index contributed by atoms with van der Waals surface area (Å²) in [6, 6.07) is 13.1. The molecule has 1 fully saturated rings. The number of alkyl carbamates (subject to hydrolysis) is 1. The van der Waals surface area contributed by atoms with E-state index >= 15 is 0 Å². The smallest absolute Gasteiger partial charge is 0.407 e. The summed E-state index contributed by atoms with van der Waals surface area (Å²) in [6.07, 6.45) is 0.394. The van der Waals surface area contributed by atoms with Gasteiger partial charge < -0.3 is 30.7 Å². The molecule has 0 aromatic heterocycles. The maximum absolute atomic E-state index is 13.2. The number of nitrogens with one attached hydrogen (secondary N) is 2. The van der Waals surface area contributed by atoms with Gasteiger partial charge in [-0.2, -0.15) is 0 Å². The minimum atomic E-state index is -1.42. The predicted octanol–water partition coefficient (Wildman–Crippen LogP) is 2.59. The van der Waals surface area contributed by atoms with Gasteiger partial charge in [-0.05, 0) is 69.5 Å². The first kappa shape index (κ1) is 31.0. The summed E-state index contributed by atoms with van der Waals surface area (Å²) in [5.41, 5.74) is 7.40. The molecule has 2 aromatic rings. The number of carbonyl (C=O) groups excluding carboxylic acids is 3. The molecular formula is C33H40N6O5. The third-order valence-electron chi connectivity index (χ3n) is 7.96. The van der Waals surface area contributed by atoms with Crippen LogP contribution in [0.5, 0.6) is 5.75 Å². The second-order valence-electron chi connectivity index (χ2n) is 12.4. The molecule has 0 spiro atoms. The molecule has 3 atom stereocenters. The molecule has 0 aliphatic carbocycles. The highest BCUT2D eigenvalue weighted by Crippen LogP contribution is 2.30. The normalized spacial score (nSPS) is 22.1. The van der Waals surface area contributed by atoms with Crippen LogP contribution in [0.1, 0.15) is 67.2 Å². The molecular weight excluding hydrogens is 560 g/mol. The lowest BCUT2D eigenvalue weighted by atomic mass is 9.98. The van der Waals surface area contributed by atoms with Crippen molar-refractivity contribution in [2.75, 3.05) is 33.3 Å². The van der Waals surface area contributed by atoms with Crippen molar-refractivity contribution < 1.29 is 23.9 Å². The Kier molecular flexibility index (Phi) is 8.68. The first-order valence-corrected chi connectivity index (χ1v) is 14.8. The fourth-order valence-corrected chi connectivity index (χ4v) is 5.86. The van der Waals surface area contributed by atoms with Gasteiger partial charge in [-0.3, -0.25) is 14.5 Å². The van der Waals surface area contributed by atoms with Gasteiger partial charge in [0.25, 0.3) is 11.8 Å². The van der Waals surface area contributed by atoms with Crippen LogP contribution in [-0.2, 0) is 16.1 Å². The average molecular weight is 601 g/mol. The van der Waals surface area contributed by atoms with E-state index in [2.05, 4.69) is 32.4 Å². The zero-order chi connectivity index (χ0) is 31.6. The van der Waals surface area contributed by atoms with E-state index in [1.807, 2.05) is 57.2 Å². The molecule has 44 heavy (non-hydrogen) atoms. The van der Waals surface area contributed by atoms with Gasteiger partial charge in [0, 0.05) is 49.4 Å². The molecule has 4 N–H and O–H groups in total. The average Bonchev–Trinajstić information content (AvgIpc) is 3.63. The largest absolute Gasteiger partial charge is 0.497 e. The van der Waals surface area contributed by atoms with Crippen LogP contribution in [0.15, 0.2) is 47.5 Å². The van der Waals surface area contributed by atoms with E-state index < -0.39 is 17.2 Å². The van der Waals surface area contributed by atoms with Crippen molar-refractivity contribution in [3.63, 3.8) is 0 Å². The molecule has 0 bridgehead atoms. The molecule has 3 amide bonds. The molecule has 0 saturated carbocycles. The number of benzene rings is 2. The number of methoxy groups -OCH3 is 1. The first-order chi connectivity index (χ1) is 20.9. The summed E-state index contributed by atoms with van der Waals surface area (Å²) in [7, 11) is 1.56. The van der Waals surface area contributed by atoms with E-state index in [4.69, 9.17) is 15.2 Å². The maximum Gasteiger partial charge on any atom is 0.407 e. The molecule has 3 aliphatic heterocycles. The molecule has 3 unspecified atom stereocenters. The third-order valence-corrected chi connectivity index (χ3v) is 7.96. The summed E-state index contributed by atoms with van der Waals surface area (Å²) in [5.74, 6) is 6.74. The fourth-order valence-electron chi connectivity index (χ4n) is 5.86. The molecule has 3 heterocycles. The minimum Gasteiger partial charge on any atom is -0.497 e. The summed E-state index contributed by atoms with van der Waals surface area (Å²) < 4.78 is 10.7.